The molecule has 1 atom stereocenters. The molecule has 0 aliphatic carbocycles. The van der Waals surface area contributed by atoms with Gasteiger partial charge in [0.2, 0.25) is 5.88 Å². The first kappa shape index (κ1) is 16.1. The highest BCUT2D eigenvalue weighted by Crippen LogP contribution is 2.19. The van der Waals surface area contributed by atoms with Gasteiger partial charge >= 0.3 is 12.1 Å². The Morgan fingerprint density at radius 1 is 1.55 bits per heavy atom. The number of ether oxygens (including phenoxy) is 2. The minimum Gasteiger partial charge on any atom is -0.480 e. The van der Waals surface area contributed by atoms with E-state index in [-0.39, 0.29) is 6.42 Å². The zero-order valence-electron chi connectivity index (χ0n) is 13.0. The lowest BCUT2D eigenvalue weighted by atomic mass is 10.1. The summed E-state index contributed by atoms with van der Waals surface area (Å²) >= 11 is 0. The van der Waals surface area contributed by atoms with E-state index in [0.717, 1.165) is 13.0 Å². The van der Waals surface area contributed by atoms with Crippen LogP contribution < -0.4 is 10.1 Å². The van der Waals surface area contributed by atoms with E-state index in [0.29, 0.717) is 18.2 Å². The molecule has 1 unspecified atom stereocenters. The van der Waals surface area contributed by atoms with Crippen molar-refractivity contribution in [2.75, 3.05) is 6.61 Å². The summed E-state index contributed by atoms with van der Waals surface area (Å²) < 4.78 is 12.2. The van der Waals surface area contributed by atoms with Crippen LogP contribution >= 0.6 is 0 Å². The summed E-state index contributed by atoms with van der Waals surface area (Å²) in [6, 6.07) is 0.595. The molecule has 122 valence electrons. The minimum absolute atomic E-state index is 0.0674. The Morgan fingerprint density at radius 2 is 2.27 bits per heavy atom. The van der Waals surface area contributed by atoms with Gasteiger partial charge in [0.15, 0.2) is 0 Å². The monoisotopic (exact) mass is 311 g/mol. The van der Waals surface area contributed by atoms with Crippen molar-refractivity contribution >= 4 is 12.1 Å². The maximum Gasteiger partial charge on any atom is 0.408 e. The molecular formula is C14H21N3O5. The van der Waals surface area contributed by atoms with Crippen molar-refractivity contribution in [2.45, 2.75) is 51.8 Å². The third-order valence-corrected chi connectivity index (χ3v) is 2.96. The number of alkyl carbamates (subject to hydrolysis) is 1. The second-order valence-corrected chi connectivity index (χ2v) is 6.14. The van der Waals surface area contributed by atoms with E-state index < -0.39 is 23.7 Å². The van der Waals surface area contributed by atoms with Crippen molar-refractivity contribution in [1.82, 2.24) is 15.1 Å². The Kier molecular flexibility index (Phi) is 4.58. The molecule has 2 heterocycles. The molecule has 2 rings (SSSR count). The van der Waals surface area contributed by atoms with E-state index in [1.54, 1.807) is 31.5 Å². The lowest BCUT2D eigenvalue weighted by molar-refractivity contribution is -0.139. The number of rotatable bonds is 4. The van der Waals surface area contributed by atoms with Crippen molar-refractivity contribution in [3.05, 3.63) is 11.8 Å². The third-order valence-electron chi connectivity index (χ3n) is 2.96. The molecule has 2 N–H and O–H groups in total. The largest absolute Gasteiger partial charge is 0.480 e. The quantitative estimate of drug-likeness (QED) is 0.865. The number of nitrogens with zero attached hydrogens (tertiary/aromatic N) is 2. The highest BCUT2D eigenvalue weighted by atomic mass is 16.6. The number of fused-ring (bicyclic) bond motifs is 1. The smallest absolute Gasteiger partial charge is 0.408 e. The van der Waals surface area contributed by atoms with Gasteiger partial charge in [0.05, 0.1) is 12.3 Å². The number of aromatic nitrogens is 2. The van der Waals surface area contributed by atoms with Gasteiger partial charge in [-0.05, 0) is 20.8 Å². The van der Waals surface area contributed by atoms with Crippen molar-refractivity contribution in [3.63, 3.8) is 0 Å². The fourth-order valence-corrected chi connectivity index (χ4v) is 2.08. The van der Waals surface area contributed by atoms with Gasteiger partial charge in [-0.2, -0.15) is 5.10 Å². The van der Waals surface area contributed by atoms with Gasteiger partial charge in [0, 0.05) is 25.5 Å². The number of carbonyl (C=O) groups excluding carboxylic acids is 1. The molecular weight excluding hydrogens is 290 g/mol. The van der Waals surface area contributed by atoms with Crippen LogP contribution in [0.5, 0.6) is 5.88 Å². The van der Waals surface area contributed by atoms with Crippen LogP contribution in [-0.2, 0) is 22.5 Å². The molecule has 0 saturated heterocycles. The summed E-state index contributed by atoms with van der Waals surface area (Å²) in [5, 5.41) is 15.9. The summed E-state index contributed by atoms with van der Waals surface area (Å²) in [5.74, 6) is -0.514. The number of aliphatic carboxylic acids is 1. The van der Waals surface area contributed by atoms with Gasteiger partial charge in [0.25, 0.3) is 0 Å². The van der Waals surface area contributed by atoms with E-state index in [1.165, 1.54) is 0 Å². The zero-order chi connectivity index (χ0) is 16.3. The molecule has 0 aromatic carbocycles. The van der Waals surface area contributed by atoms with Crippen LogP contribution in [0.2, 0.25) is 0 Å². The molecule has 0 spiro atoms. The van der Waals surface area contributed by atoms with E-state index >= 15 is 0 Å². The summed E-state index contributed by atoms with van der Waals surface area (Å²) in [5.41, 5.74) is -0.130. The number of carboxylic acids is 1. The molecule has 22 heavy (non-hydrogen) atoms. The van der Waals surface area contributed by atoms with Gasteiger partial charge in [-0.3, -0.25) is 0 Å². The molecule has 8 nitrogen and oxygen atoms in total. The van der Waals surface area contributed by atoms with Crippen LogP contribution in [0.25, 0.3) is 0 Å². The van der Waals surface area contributed by atoms with Gasteiger partial charge in [-0.15, -0.1) is 0 Å². The molecule has 1 aromatic heterocycles. The number of hydrogen-bond acceptors (Lipinski definition) is 5. The average molecular weight is 311 g/mol. The number of aryl methyl sites for hydroxylation is 1. The van der Waals surface area contributed by atoms with Gasteiger partial charge in [-0.1, -0.05) is 0 Å². The predicted octanol–water partition coefficient (Wildman–Crippen LogP) is 1.19. The highest BCUT2D eigenvalue weighted by molar-refractivity contribution is 5.80. The van der Waals surface area contributed by atoms with E-state index in [2.05, 4.69) is 10.4 Å². The summed E-state index contributed by atoms with van der Waals surface area (Å²) in [6.45, 7) is 6.51. The van der Waals surface area contributed by atoms with Crippen LogP contribution in [0.4, 0.5) is 4.79 Å². The SMILES string of the molecule is CC(C)(C)OC(=O)NC(Cc1cc2n(n1)CCCO2)C(=O)O. The van der Waals surface area contributed by atoms with Crippen LogP contribution in [0.15, 0.2) is 6.07 Å². The predicted molar refractivity (Wildman–Crippen MR) is 76.8 cm³/mol. The number of amides is 1. The normalized spacial score (nSPS) is 15.4. The van der Waals surface area contributed by atoms with Crippen LogP contribution in [0.1, 0.15) is 32.9 Å². The molecule has 1 amide bonds. The van der Waals surface area contributed by atoms with E-state index in [4.69, 9.17) is 9.47 Å². The molecule has 0 saturated carbocycles. The molecule has 0 radical (unpaired) electrons. The molecule has 1 aliphatic rings. The first-order valence-electron chi connectivity index (χ1n) is 7.16. The Labute approximate surface area is 128 Å². The van der Waals surface area contributed by atoms with Gasteiger partial charge in [-0.25, -0.2) is 14.3 Å². The number of hydrogen-bond donors (Lipinski definition) is 2. The maximum absolute atomic E-state index is 11.7. The van der Waals surface area contributed by atoms with E-state index in [9.17, 15) is 14.7 Å². The third kappa shape index (κ3) is 4.37. The standard InChI is InChI=1S/C14H21N3O5/c1-14(2,3)22-13(20)15-10(12(18)19)7-9-8-11-17(16-9)5-4-6-21-11/h8,10H,4-7H2,1-3H3,(H,15,20)(H,18,19). The van der Waals surface area contributed by atoms with E-state index in [1.807, 2.05) is 0 Å². The fourth-order valence-electron chi connectivity index (χ4n) is 2.08. The van der Waals surface area contributed by atoms with Crippen molar-refractivity contribution < 1.29 is 24.2 Å². The first-order valence-corrected chi connectivity index (χ1v) is 7.16. The Balaban J connectivity index is 2.01. The lowest BCUT2D eigenvalue weighted by Gasteiger charge is -2.21. The number of nitrogens with one attached hydrogen (secondary N) is 1. The molecule has 8 heteroatoms. The Morgan fingerprint density at radius 3 is 2.86 bits per heavy atom. The average Bonchev–Trinajstić information content (AvgIpc) is 2.77. The second kappa shape index (κ2) is 6.25. The topological polar surface area (TPSA) is 103 Å². The number of carbonyl (C=O) groups is 2. The first-order chi connectivity index (χ1) is 10.2. The van der Waals surface area contributed by atoms with Crippen molar-refractivity contribution in [2.24, 2.45) is 0 Å². The van der Waals surface area contributed by atoms with Gasteiger partial charge < -0.3 is 19.9 Å². The molecule has 0 fully saturated rings. The zero-order valence-corrected chi connectivity index (χ0v) is 13.0. The lowest BCUT2D eigenvalue weighted by Crippen LogP contribution is -2.44. The molecule has 0 bridgehead atoms. The highest BCUT2D eigenvalue weighted by Gasteiger charge is 2.26. The number of carboxylic acid groups (broad SMARTS) is 1. The second-order valence-electron chi connectivity index (χ2n) is 6.14. The van der Waals surface area contributed by atoms with Gasteiger partial charge in [0.1, 0.15) is 11.6 Å². The molecule has 1 aromatic rings. The van der Waals surface area contributed by atoms with Crippen LogP contribution in [0, 0.1) is 0 Å². The summed E-state index contributed by atoms with van der Waals surface area (Å²) in [4.78, 5) is 23.0. The van der Waals surface area contributed by atoms with Crippen molar-refractivity contribution in [1.29, 1.82) is 0 Å². The van der Waals surface area contributed by atoms with Crippen molar-refractivity contribution in [3.8, 4) is 5.88 Å². The molecule has 1 aliphatic heterocycles. The summed E-state index contributed by atoms with van der Waals surface area (Å²) in [6.07, 6.45) is 0.171. The van der Waals surface area contributed by atoms with Crippen LogP contribution in [0.3, 0.4) is 0 Å². The Hall–Kier alpha value is -2.25. The fraction of sp³-hybridized carbons (Fsp3) is 0.643. The Bertz CT molecular complexity index is 538. The van der Waals surface area contributed by atoms with Crippen LogP contribution in [-0.4, -0.2) is 45.2 Å². The summed E-state index contributed by atoms with van der Waals surface area (Å²) in [7, 11) is 0. The minimum atomic E-state index is -1.14. The maximum atomic E-state index is 11.7.